The van der Waals surface area contributed by atoms with E-state index >= 15 is 0 Å². The van der Waals surface area contributed by atoms with Crippen LogP contribution in [0.1, 0.15) is 30.9 Å². The van der Waals surface area contributed by atoms with Crippen molar-refractivity contribution in [3.63, 3.8) is 0 Å². The van der Waals surface area contributed by atoms with E-state index in [1.54, 1.807) is 18.2 Å². The molecule has 0 fully saturated rings. The Hall–Kier alpha value is -3.88. The van der Waals surface area contributed by atoms with Crippen LogP contribution in [0, 0.1) is 0 Å². The smallest absolute Gasteiger partial charge is 0.412 e. The zero-order valence-electron chi connectivity index (χ0n) is 18.6. The molecule has 1 atom stereocenters. The quantitative estimate of drug-likeness (QED) is 0.141. The van der Waals surface area contributed by atoms with Crippen molar-refractivity contribution in [3.05, 3.63) is 84.4 Å². The molecule has 0 unspecified atom stereocenters. The summed E-state index contributed by atoms with van der Waals surface area (Å²) in [6, 6.07) is 20.6. The third kappa shape index (κ3) is 7.06. The number of ether oxygens (including phenoxy) is 2. The monoisotopic (exact) mass is 464 g/mol. The van der Waals surface area contributed by atoms with Gasteiger partial charge in [-0.05, 0) is 36.8 Å². The molecule has 2 amide bonds. The molecule has 0 aliphatic heterocycles. The Morgan fingerprint density at radius 3 is 2.59 bits per heavy atom. The van der Waals surface area contributed by atoms with Crippen molar-refractivity contribution in [3.8, 4) is 5.75 Å². The maximum Gasteiger partial charge on any atom is 0.412 e. The van der Waals surface area contributed by atoms with Crippen molar-refractivity contribution >= 4 is 28.5 Å². The van der Waals surface area contributed by atoms with Crippen LogP contribution in [0.4, 0.5) is 10.5 Å². The lowest BCUT2D eigenvalue weighted by Gasteiger charge is -2.21. The highest BCUT2D eigenvalue weighted by Crippen LogP contribution is 2.32. The van der Waals surface area contributed by atoms with Crippen LogP contribution in [0.2, 0.25) is 0 Å². The number of aliphatic hydroxyl groups is 1. The van der Waals surface area contributed by atoms with Gasteiger partial charge in [-0.25, -0.2) is 10.3 Å². The molecule has 0 heterocycles. The Balaban J connectivity index is 1.75. The summed E-state index contributed by atoms with van der Waals surface area (Å²) in [4.78, 5) is 24.0. The molecule has 0 saturated heterocycles. The molecule has 34 heavy (non-hydrogen) atoms. The van der Waals surface area contributed by atoms with Gasteiger partial charge in [-0.15, -0.1) is 0 Å². The van der Waals surface area contributed by atoms with E-state index in [4.69, 9.17) is 19.8 Å². The maximum absolute atomic E-state index is 12.9. The number of nitrogens with one attached hydrogen (secondary N) is 2. The van der Waals surface area contributed by atoms with Gasteiger partial charge in [-0.3, -0.25) is 15.3 Å². The Labute approximate surface area is 197 Å². The van der Waals surface area contributed by atoms with Crippen molar-refractivity contribution in [2.45, 2.75) is 25.4 Å². The average Bonchev–Trinajstić information content (AvgIpc) is 2.86. The van der Waals surface area contributed by atoms with Crippen LogP contribution in [0.25, 0.3) is 10.8 Å². The normalized spacial score (nSPS) is 11.8. The highest BCUT2D eigenvalue weighted by Gasteiger charge is 2.21. The Kier molecular flexibility index (Phi) is 9.45. The van der Waals surface area contributed by atoms with Crippen LogP contribution in [-0.4, -0.2) is 35.5 Å². The summed E-state index contributed by atoms with van der Waals surface area (Å²) in [6.07, 6.45) is 3.26. The first-order valence-corrected chi connectivity index (χ1v) is 11.0. The number of allylic oxidation sites excluding steroid dienone is 1. The molecule has 0 aliphatic carbocycles. The predicted molar refractivity (Wildman–Crippen MR) is 129 cm³/mol. The molecule has 0 aliphatic rings. The Morgan fingerprint density at radius 2 is 1.76 bits per heavy atom. The summed E-state index contributed by atoms with van der Waals surface area (Å²) >= 11 is 0. The van der Waals surface area contributed by atoms with Crippen molar-refractivity contribution < 1.29 is 29.4 Å². The first kappa shape index (κ1) is 24.8. The number of hydrogen-bond acceptors (Lipinski definition) is 6. The standard InChI is InChI=1S/C26H28N2O6/c29-17-18-33-23-14-7-6-12-21(23)24(15-2-1-3-16-25(30)28-32)34-26(31)27-22-13-8-10-19-9-4-5-11-20(19)22/h3-14,16,24,29,32H,1-2,15,17-18H2,(H,27,31)(H,28,30)/b16-3+/t24-/m0/s1. The lowest BCUT2D eigenvalue weighted by molar-refractivity contribution is -0.124. The van der Waals surface area contributed by atoms with Crippen molar-refractivity contribution in [1.82, 2.24) is 5.48 Å². The number of hydrogen-bond donors (Lipinski definition) is 4. The molecule has 8 nitrogen and oxygen atoms in total. The van der Waals surface area contributed by atoms with Crippen LogP contribution in [0.3, 0.4) is 0 Å². The van der Waals surface area contributed by atoms with Crippen LogP contribution < -0.4 is 15.5 Å². The highest BCUT2D eigenvalue weighted by molar-refractivity contribution is 6.00. The van der Waals surface area contributed by atoms with E-state index in [-0.39, 0.29) is 13.2 Å². The lowest BCUT2D eigenvalue weighted by Crippen LogP contribution is -2.18. The second kappa shape index (κ2) is 13.0. The number of amides is 2. The fraction of sp³-hybridized carbons (Fsp3) is 0.231. The minimum atomic E-state index is -0.620. The predicted octanol–water partition coefficient (Wildman–Crippen LogP) is 4.73. The number of para-hydroxylation sites is 1. The molecule has 3 aromatic carbocycles. The molecule has 0 spiro atoms. The Morgan fingerprint density at radius 1 is 1.00 bits per heavy atom. The minimum absolute atomic E-state index is 0.116. The molecule has 0 aromatic heterocycles. The number of aliphatic hydroxyl groups excluding tert-OH is 1. The van der Waals surface area contributed by atoms with Gasteiger partial charge in [0.1, 0.15) is 18.5 Å². The van der Waals surface area contributed by atoms with Gasteiger partial charge in [0.15, 0.2) is 0 Å². The zero-order valence-corrected chi connectivity index (χ0v) is 18.6. The number of carbonyl (C=O) groups is 2. The number of carbonyl (C=O) groups excluding carboxylic acids is 2. The molecule has 0 radical (unpaired) electrons. The van der Waals surface area contributed by atoms with Crippen LogP contribution in [-0.2, 0) is 9.53 Å². The van der Waals surface area contributed by atoms with Crippen molar-refractivity contribution in [2.75, 3.05) is 18.5 Å². The molecule has 0 bridgehead atoms. The SMILES string of the molecule is O=C(/C=C/CCC[C@H](OC(=O)Nc1cccc2ccccc12)c1ccccc1OCCO)NO. The van der Waals surface area contributed by atoms with Crippen LogP contribution in [0.15, 0.2) is 78.9 Å². The third-order valence-electron chi connectivity index (χ3n) is 5.11. The van der Waals surface area contributed by atoms with E-state index in [9.17, 15) is 9.59 Å². The van der Waals surface area contributed by atoms with Gasteiger partial charge < -0.3 is 14.6 Å². The van der Waals surface area contributed by atoms with E-state index in [0.29, 0.717) is 36.3 Å². The fourth-order valence-electron chi connectivity index (χ4n) is 3.56. The second-order valence-electron chi connectivity index (χ2n) is 7.46. The van der Waals surface area contributed by atoms with E-state index in [1.165, 1.54) is 11.6 Å². The average molecular weight is 465 g/mol. The molecule has 178 valence electrons. The van der Waals surface area contributed by atoms with E-state index in [0.717, 1.165) is 10.8 Å². The summed E-state index contributed by atoms with van der Waals surface area (Å²) in [7, 11) is 0. The van der Waals surface area contributed by atoms with Crippen molar-refractivity contribution in [2.24, 2.45) is 0 Å². The van der Waals surface area contributed by atoms with Gasteiger partial charge in [0.05, 0.1) is 12.3 Å². The topological polar surface area (TPSA) is 117 Å². The van der Waals surface area contributed by atoms with Gasteiger partial charge in [0, 0.05) is 17.0 Å². The fourth-order valence-corrected chi connectivity index (χ4v) is 3.56. The summed E-state index contributed by atoms with van der Waals surface area (Å²) in [5, 5.41) is 22.4. The number of unbranched alkanes of at least 4 members (excludes halogenated alkanes) is 1. The number of anilines is 1. The maximum atomic E-state index is 12.9. The number of hydroxylamine groups is 1. The number of fused-ring (bicyclic) bond motifs is 1. The molecular formula is C26H28N2O6. The molecule has 0 saturated carbocycles. The van der Waals surface area contributed by atoms with Gasteiger partial charge >= 0.3 is 6.09 Å². The summed E-state index contributed by atoms with van der Waals surface area (Å²) in [5.41, 5.74) is 2.86. The van der Waals surface area contributed by atoms with Gasteiger partial charge in [-0.1, -0.05) is 60.7 Å². The lowest BCUT2D eigenvalue weighted by atomic mass is 10.0. The Bertz CT molecular complexity index is 1130. The molecule has 8 heteroatoms. The second-order valence-corrected chi connectivity index (χ2v) is 7.46. The van der Waals surface area contributed by atoms with E-state index in [2.05, 4.69) is 5.32 Å². The van der Waals surface area contributed by atoms with Gasteiger partial charge in [0.25, 0.3) is 5.91 Å². The van der Waals surface area contributed by atoms with Gasteiger partial charge in [-0.2, -0.15) is 0 Å². The van der Waals surface area contributed by atoms with E-state index in [1.807, 2.05) is 54.6 Å². The minimum Gasteiger partial charge on any atom is -0.491 e. The molecule has 3 aromatic rings. The zero-order chi connectivity index (χ0) is 24.2. The van der Waals surface area contributed by atoms with E-state index < -0.39 is 18.1 Å². The molecule has 4 N–H and O–H groups in total. The highest BCUT2D eigenvalue weighted by atomic mass is 16.6. The van der Waals surface area contributed by atoms with Crippen LogP contribution in [0.5, 0.6) is 5.75 Å². The third-order valence-corrected chi connectivity index (χ3v) is 5.11. The van der Waals surface area contributed by atoms with Crippen LogP contribution >= 0.6 is 0 Å². The van der Waals surface area contributed by atoms with Crippen molar-refractivity contribution in [1.29, 1.82) is 0 Å². The summed E-state index contributed by atoms with van der Waals surface area (Å²) < 4.78 is 11.5. The summed E-state index contributed by atoms with van der Waals surface area (Å²) in [5.74, 6) is -0.0836. The largest absolute Gasteiger partial charge is 0.491 e. The van der Waals surface area contributed by atoms with Gasteiger partial charge in [0.2, 0.25) is 0 Å². The number of rotatable bonds is 11. The first-order valence-electron chi connectivity index (χ1n) is 11.0. The molecular weight excluding hydrogens is 436 g/mol. The summed E-state index contributed by atoms with van der Waals surface area (Å²) in [6.45, 7) is -0.0237. The first-order chi connectivity index (χ1) is 16.6. The molecule has 3 rings (SSSR count). The number of benzene rings is 3.